The fraction of sp³-hybridized carbons (Fsp3) is 0.417. The normalized spacial score (nSPS) is 14.4. The van der Waals surface area contributed by atoms with Gasteiger partial charge in [0.05, 0.1) is 6.42 Å². The second-order valence-electron chi connectivity index (χ2n) is 4.05. The molecule has 1 aromatic rings. The lowest BCUT2D eigenvalue weighted by Crippen LogP contribution is -2.25. The van der Waals surface area contributed by atoms with E-state index in [4.69, 9.17) is 0 Å². The molecule has 0 aliphatic carbocycles. The third kappa shape index (κ3) is 2.08. The number of likely N-dealkylation sites (N-methyl/N-ethyl adjacent to an activating group) is 1. The average Bonchev–Trinajstić information content (AvgIpc) is 2.55. The van der Waals surface area contributed by atoms with Crippen molar-refractivity contribution in [2.75, 3.05) is 25.7 Å². The van der Waals surface area contributed by atoms with Crippen molar-refractivity contribution >= 4 is 11.6 Å². The molecule has 0 saturated carbocycles. The van der Waals surface area contributed by atoms with Crippen molar-refractivity contribution in [1.29, 1.82) is 0 Å². The van der Waals surface area contributed by atoms with Crippen LogP contribution in [-0.4, -0.2) is 26.7 Å². The van der Waals surface area contributed by atoms with Gasteiger partial charge in [-0.3, -0.25) is 4.79 Å². The number of carbonyl (C=O) groups is 1. The van der Waals surface area contributed by atoms with Crippen molar-refractivity contribution in [2.45, 2.75) is 13.0 Å². The maximum Gasteiger partial charge on any atom is 0.231 e. The van der Waals surface area contributed by atoms with Crippen LogP contribution in [0.25, 0.3) is 0 Å². The van der Waals surface area contributed by atoms with Gasteiger partial charge in [-0.25, -0.2) is 0 Å². The van der Waals surface area contributed by atoms with Gasteiger partial charge in [0.1, 0.15) is 0 Å². The Morgan fingerprint density at radius 1 is 1.44 bits per heavy atom. The van der Waals surface area contributed by atoms with Crippen LogP contribution in [0.1, 0.15) is 11.1 Å². The minimum absolute atomic E-state index is 0.176. The van der Waals surface area contributed by atoms with Crippen molar-refractivity contribution in [1.82, 2.24) is 10.6 Å². The lowest BCUT2D eigenvalue weighted by atomic mass is 10.1. The quantitative estimate of drug-likeness (QED) is 0.571. The first kappa shape index (κ1) is 11.1. The SMILES string of the molecule is CNCNCc1ccc2c(c1)CC(=O)N2C. The second kappa shape index (κ2) is 4.63. The molecule has 1 aliphatic heterocycles. The molecular formula is C12H17N3O. The Bertz CT molecular complexity index is 403. The van der Waals surface area contributed by atoms with Gasteiger partial charge in [-0.1, -0.05) is 12.1 Å². The Morgan fingerprint density at radius 3 is 3.00 bits per heavy atom. The van der Waals surface area contributed by atoms with Gasteiger partial charge in [0.25, 0.3) is 0 Å². The third-order valence-corrected chi connectivity index (χ3v) is 2.85. The summed E-state index contributed by atoms with van der Waals surface area (Å²) < 4.78 is 0. The van der Waals surface area contributed by atoms with Gasteiger partial charge in [-0.05, 0) is 24.2 Å². The van der Waals surface area contributed by atoms with Gasteiger partial charge in [0, 0.05) is 25.9 Å². The van der Waals surface area contributed by atoms with Crippen molar-refractivity contribution in [3.05, 3.63) is 29.3 Å². The van der Waals surface area contributed by atoms with Gasteiger partial charge in [-0.15, -0.1) is 0 Å². The van der Waals surface area contributed by atoms with Gasteiger partial charge >= 0.3 is 0 Å². The van der Waals surface area contributed by atoms with Crippen LogP contribution in [0.3, 0.4) is 0 Å². The molecule has 4 heteroatoms. The zero-order chi connectivity index (χ0) is 11.5. The second-order valence-corrected chi connectivity index (χ2v) is 4.05. The van der Waals surface area contributed by atoms with Gasteiger partial charge in [0.15, 0.2) is 0 Å². The molecule has 1 heterocycles. The molecule has 0 aromatic heterocycles. The standard InChI is InChI=1S/C12H17N3O/c1-13-8-14-7-9-3-4-11-10(5-9)6-12(16)15(11)2/h3-5,13-14H,6-8H2,1-2H3. The Balaban J connectivity index is 2.09. The largest absolute Gasteiger partial charge is 0.315 e. The first-order valence-corrected chi connectivity index (χ1v) is 5.46. The molecule has 0 unspecified atom stereocenters. The first-order chi connectivity index (χ1) is 7.72. The summed E-state index contributed by atoms with van der Waals surface area (Å²) in [6, 6.07) is 6.20. The summed E-state index contributed by atoms with van der Waals surface area (Å²) in [6.45, 7) is 1.61. The number of hydrogen-bond donors (Lipinski definition) is 2. The molecule has 1 aromatic carbocycles. The zero-order valence-electron chi connectivity index (χ0n) is 9.71. The number of carbonyl (C=O) groups excluding carboxylic acids is 1. The van der Waals surface area contributed by atoms with Crippen LogP contribution in [0.15, 0.2) is 18.2 Å². The van der Waals surface area contributed by atoms with Gasteiger partial charge in [0.2, 0.25) is 5.91 Å². The molecule has 4 nitrogen and oxygen atoms in total. The Hall–Kier alpha value is -1.39. The number of nitrogens with one attached hydrogen (secondary N) is 2. The lowest BCUT2D eigenvalue weighted by Gasteiger charge is -2.10. The molecule has 2 rings (SSSR count). The minimum Gasteiger partial charge on any atom is -0.315 e. The number of benzene rings is 1. The number of anilines is 1. The van der Waals surface area contributed by atoms with Crippen molar-refractivity contribution < 1.29 is 4.79 Å². The summed E-state index contributed by atoms with van der Waals surface area (Å²) in [4.78, 5) is 13.2. The predicted molar refractivity (Wildman–Crippen MR) is 64.3 cm³/mol. The van der Waals surface area contributed by atoms with Crippen LogP contribution in [-0.2, 0) is 17.8 Å². The fourth-order valence-corrected chi connectivity index (χ4v) is 1.97. The number of hydrogen-bond acceptors (Lipinski definition) is 3. The van der Waals surface area contributed by atoms with E-state index in [9.17, 15) is 4.79 Å². The molecule has 0 saturated heterocycles. The molecule has 0 spiro atoms. The van der Waals surface area contributed by atoms with E-state index in [1.165, 1.54) is 5.56 Å². The summed E-state index contributed by atoms with van der Waals surface area (Å²) in [5.74, 6) is 0.176. The van der Waals surface area contributed by atoms with Crippen LogP contribution in [0.2, 0.25) is 0 Å². The fourth-order valence-electron chi connectivity index (χ4n) is 1.97. The molecule has 2 N–H and O–H groups in total. The number of amides is 1. The number of fused-ring (bicyclic) bond motifs is 1. The Kier molecular flexibility index (Phi) is 3.22. The first-order valence-electron chi connectivity index (χ1n) is 5.46. The molecule has 0 radical (unpaired) electrons. The maximum atomic E-state index is 11.5. The monoisotopic (exact) mass is 219 g/mol. The van der Waals surface area contributed by atoms with Crippen LogP contribution >= 0.6 is 0 Å². The van der Waals surface area contributed by atoms with Crippen molar-refractivity contribution in [3.8, 4) is 0 Å². The van der Waals surface area contributed by atoms with Gasteiger partial charge < -0.3 is 15.5 Å². The highest BCUT2D eigenvalue weighted by Gasteiger charge is 2.23. The summed E-state index contributed by atoms with van der Waals surface area (Å²) >= 11 is 0. The highest BCUT2D eigenvalue weighted by Crippen LogP contribution is 2.28. The van der Waals surface area contributed by atoms with E-state index in [2.05, 4.69) is 22.8 Å². The molecule has 0 bridgehead atoms. The number of rotatable bonds is 4. The van der Waals surface area contributed by atoms with Crippen molar-refractivity contribution in [3.63, 3.8) is 0 Å². The molecule has 1 aliphatic rings. The topological polar surface area (TPSA) is 44.4 Å². The van der Waals surface area contributed by atoms with E-state index in [-0.39, 0.29) is 5.91 Å². The molecular weight excluding hydrogens is 202 g/mol. The van der Waals surface area contributed by atoms with Crippen LogP contribution in [0.4, 0.5) is 5.69 Å². The van der Waals surface area contributed by atoms with Crippen LogP contribution in [0.5, 0.6) is 0 Å². The number of nitrogens with zero attached hydrogens (tertiary/aromatic N) is 1. The minimum atomic E-state index is 0.176. The molecule has 0 fully saturated rings. The smallest absolute Gasteiger partial charge is 0.231 e. The van der Waals surface area contributed by atoms with Crippen LogP contribution in [0, 0.1) is 0 Å². The van der Waals surface area contributed by atoms with E-state index in [0.29, 0.717) is 6.42 Å². The molecule has 0 atom stereocenters. The Labute approximate surface area is 95.6 Å². The lowest BCUT2D eigenvalue weighted by molar-refractivity contribution is -0.117. The Morgan fingerprint density at radius 2 is 2.25 bits per heavy atom. The van der Waals surface area contributed by atoms with E-state index in [0.717, 1.165) is 24.5 Å². The summed E-state index contributed by atoms with van der Waals surface area (Å²) in [5, 5.41) is 6.29. The van der Waals surface area contributed by atoms with E-state index in [1.54, 1.807) is 4.90 Å². The summed E-state index contributed by atoms with van der Waals surface area (Å²) in [7, 11) is 3.73. The summed E-state index contributed by atoms with van der Waals surface area (Å²) in [6.07, 6.45) is 0.533. The maximum absolute atomic E-state index is 11.5. The molecule has 86 valence electrons. The predicted octanol–water partition coefficient (Wildman–Crippen LogP) is 0.472. The van der Waals surface area contributed by atoms with E-state index >= 15 is 0 Å². The van der Waals surface area contributed by atoms with Gasteiger partial charge in [-0.2, -0.15) is 0 Å². The molecule has 1 amide bonds. The van der Waals surface area contributed by atoms with E-state index in [1.807, 2.05) is 20.2 Å². The van der Waals surface area contributed by atoms with Crippen LogP contribution < -0.4 is 15.5 Å². The summed E-state index contributed by atoms with van der Waals surface area (Å²) in [5.41, 5.74) is 3.40. The highest BCUT2D eigenvalue weighted by atomic mass is 16.2. The average molecular weight is 219 g/mol. The zero-order valence-corrected chi connectivity index (χ0v) is 9.71. The van der Waals surface area contributed by atoms with Crippen molar-refractivity contribution in [2.24, 2.45) is 0 Å². The highest BCUT2D eigenvalue weighted by molar-refractivity contribution is 6.00. The molecule has 16 heavy (non-hydrogen) atoms. The third-order valence-electron chi connectivity index (χ3n) is 2.85. The van der Waals surface area contributed by atoms with E-state index < -0.39 is 0 Å².